The first-order valence-electron chi connectivity index (χ1n) is 9.78. The summed E-state index contributed by atoms with van der Waals surface area (Å²) in [6.45, 7) is 2.11. The number of fused-ring (bicyclic) bond motifs is 1. The molecule has 0 bridgehead atoms. The lowest BCUT2D eigenvalue weighted by Crippen LogP contribution is -2.24. The zero-order valence-corrected chi connectivity index (χ0v) is 19.3. The number of rotatable bonds is 7. The first-order valence-corrected chi connectivity index (χ1v) is 12.5. The molecule has 2 aromatic carbocycles. The predicted molar refractivity (Wildman–Crippen MR) is 121 cm³/mol. The molecular formula is C21H22N4O5S2. The van der Waals surface area contributed by atoms with Crippen LogP contribution in [0.25, 0.3) is 0 Å². The summed E-state index contributed by atoms with van der Waals surface area (Å²) in [6.07, 6.45) is 0.668. The molecule has 1 aliphatic rings. The number of Topliss-reactive ketones (excluding diaryl/α,β-unsaturated/α-hetero) is 1. The van der Waals surface area contributed by atoms with Gasteiger partial charge in [0.15, 0.2) is 34.4 Å². The van der Waals surface area contributed by atoms with Gasteiger partial charge in [-0.25, -0.2) is 8.42 Å². The minimum absolute atomic E-state index is 0.100. The molecule has 2 heterocycles. The van der Waals surface area contributed by atoms with E-state index in [4.69, 9.17) is 9.47 Å². The quantitative estimate of drug-likeness (QED) is 0.411. The van der Waals surface area contributed by atoms with E-state index in [2.05, 4.69) is 14.9 Å². The largest absolute Gasteiger partial charge is 0.485 e. The second-order valence-corrected chi connectivity index (χ2v) is 10.4. The van der Waals surface area contributed by atoms with Crippen molar-refractivity contribution >= 4 is 33.3 Å². The van der Waals surface area contributed by atoms with Crippen LogP contribution < -0.4 is 14.2 Å². The highest BCUT2D eigenvalue weighted by molar-refractivity contribution is 8.00. The summed E-state index contributed by atoms with van der Waals surface area (Å²) in [5.74, 6) is 1.85. The molecule has 9 nitrogen and oxygen atoms in total. The monoisotopic (exact) mass is 474 g/mol. The normalized spacial score (nSPS) is 16.4. The number of nitrogens with one attached hydrogen (secondary N) is 1. The molecule has 0 radical (unpaired) electrons. The molecule has 0 saturated heterocycles. The van der Waals surface area contributed by atoms with Crippen molar-refractivity contribution in [1.82, 2.24) is 14.8 Å². The van der Waals surface area contributed by atoms with Crippen molar-refractivity contribution in [1.29, 1.82) is 0 Å². The van der Waals surface area contributed by atoms with Crippen molar-refractivity contribution in [3.63, 3.8) is 0 Å². The molecule has 0 spiro atoms. The van der Waals surface area contributed by atoms with E-state index in [9.17, 15) is 13.2 Å². The van der Waals surface area contributed by atoms with E-state index in [-0.39, 0.29) is 5.78 Å². The summed E-state index contributed by atoms with van der Waals surface area (Å²) in [6, 6.07) is 13.8. The van der Waals surface area contributed by atoms with Gasteiger partial charge in [-0.1, -0.05) is 23.9 Å². The van der Waals surface area contributed by atoms with Gasteiger partial charge in [0.1, 0.15) is 6.61 Å². The number of hydrogen-bond donors (Lipinski definition) is 1. The number of nitrogens with zero attached hydrogens (tertiary/aromatic N) is 3. The van der Waals surface area contributed by atoms with Gasteiger partial charge in [0, 0.05) is 18.3 Å². The van der Waals surface area contributed by atoms with Gasteiger partial charge in [0.05, 0.1) is 11.5 Å². The van der Waals surface area contributed by atoms with Crippen LogP contribution in [0.1, 0.15) is 29.2 Å². The fourth-order valence-electron chi connectivity index (χ4n) is 3.22. The van der Waals surface area contributed by atoms with Crippen LogP contribution in [0.2, 0.25) is 0 Å². The van der Waals surface area contributed by atoms with Crippen LogP contribution in [0.5, 0.6) is 11.5 Å². The van der Waals surface area contributed by atoms with E-state index in [1.807, 2.05) is 31.3 Å². The topological polar surface area (TPSA) is 112 Å². The molecule has 1 aromatic heterocycles. The summed E-state index contributed by atoms with van der Waals surface area (Å²) in [5.41, 5.74) is 0.880. The highest BCUT2D eigenvalue weighted by Crippen LogP contribution is 2.36. The van der Waals surface area contributed by atoms with Crippen LogP contribution in [-0.2, 0) is 17.1 Å². The minimum Gasteiger partial charge on any atom is -0.485 e. The maximum Gasteiger partial charge on any atom is 0.229 e. The Morgan fingerprint density at radius 3 is 2.53 bits per heavy atom. The van der Waals surface area contributed by atoms with E-state index >= 15 is 0 Å². The Kier molecular flexibility index (Phi) is 6.11. The predicted octanol–water partition coefficient (Wildman–Crippen LogP) is 3.06. The molecule has 0 aliphatic carbocycles. The van der Waals surface area contributed by atoms with Gasteiger partial charge in [-0.15, -0.1) is 10.2 Å². The zero-order valence-electron chi connectivity index (χ0n) is 17.7. The molecule has 32 heavy (non-hydrogen) atoms. The first kappa shape index (κ1) is 22.2. The Morgan fingerprint density at radius 1 is 1.16 bits per heavy atom. The molecular weight excluding hydrogens is 452 g/mol. The number of carbonyl (C=O) groups is 1. The molecule has 4 rings (SSSR count). The fourth-order valence-corrected chi connectivity index (χ4v) is 4.68. The molecule has 0 fully saturated rings. The van der Waals surface area contributed by atoms with Gasteiger partial charge in [-0.05, 0) is 43.3 Å². The molecule has 11 heteroatoms. The third kappa shape index (κ3) is 4.89. The van der Waals surface area contributed by atoms with Crippen LogP contribution in [0.3, 0.4) is 0 Å². The molecule has 1 N–H and O–H groups in total. The minimum atomic E-state index is -3.37. The summed E-state index contributed by atoms with van der Waals surface area (Å²) in [5, 5.41) is 8.64. The fraction of sp³-hybridized carbons (Fsp3) is 0.286. The van der Waals surface area contributed by atoms with E-state index in [0.717, 1.165) is 6.26 Å². The van der Waals surface area contributed by atoms with Gasteiger partial charge < -0.3 is 14.0 Å². The van der Waals surface area contributed by atoms with E-state index in [1.165, 1.54) is 11.8 Å². The summed E-state index contributed by atoms with van der Waals surface area (Å²) in [4.78, 5) is 12.8. The van der Waals surface area contributed by atoms with Crippen molar-refractivity contribution in [3.05, 3.63) is 59.9 Å². The third-order valence-electron chi connectivity index (χ3n) is 4.79. The van der Waals surface area contributed by atoms with Gasteiger partial charge in [-0.2, -0.15) is 0 Å². The molecule has 2 atom stereocenters. The van der Waals surface area contributed by atoms with Crippen molar-refractivity contribution in [3.8, 4) is 11.5 Å². The molecule has 3 aromatic rings. The Morgan fingerprint density at radius 2 is 1.84 bits per heavy atom. The van der Waals surface area contributed by atoms with Crippen LogP contribution in [-0.4, -0.2) is 47.1 Å². The average molecular weight is 475 g/mol. The van der Waals surface area contributed by atoms with Gasteiger partial charge in [0.25, 0.3) is 0 Å². The third-order valence-corrected chi connectivity index (χ3v) is 6.53. The van der Waals surface area contributed by atoms with Crippen molar-refractivity contribution < 1.29 is 22.7 Å². The SMILES string of the molecule is C[C@H](Sc1nnc([C@@H]2COc3ccccc3O2)n1C)C(=O)c1ccc(NS(C)(=O)=O)cc1. The van der Waals surface area contributed by atoms with Crippen LogP contribution in [0.15, 0.2) is 53.7 Å². The number of carbonyl (C=O) groups excluding carboxylic acids is 1. The number of anilines is 1. The Balaban J connectivity index is 1.43. The molecule has 0 amide bonds. The molecule has 0 saturated carbocycles. The maximum absolute atomic E-state index is 12.8. The Hall–Kier alpha value is -3.05. The highest BCUT2D eigenvalue weighted by atomic mass is 32.2. The number of thioether (sulfide) groups is 1. The number of sulfonamides is 1. The number of benzene rings is 2. The molecule has 1 aliphatic heterocycles. The second kappa shape index (κ2) is 8.83. The first-order chi connectivity index (χ1) is 15.2. The Bertz CT molecular complexity index is 1240. The lowest BCUT2D eigenvalue weighted by molar-refractivity contribution is 0.0825. The van der Waals surface area contributed by atoms with Gasteiger partial charge in [-0.3, -0.25) is 9.52 Å². The van der Waals surface area contributed by atoms with Crippen molar-refractivity contribution in [2.24, 2.45) is 7.05 Å². The van der Waals surface area contributed by atoms with E-state index in [1.54, 1.807) is 35.8 Å². The number of aromatic nitrogens is 3. The van der Waals surface area contributed by atoms with Gasteiger partial charge >= 0.3 is 0 Å². The number of para-hydroxylation sites is 2. The molecule has 0 unspecified atom stereocenters. The van der Waals surface area contributed by atoms with Crippen LogP contribution in [0.4, 0.5) is 5.69 Å². The summed E-state index contributed by atoms with van der Waals surface area (Å²) in [7, 11) is -1.55. The standard InChI is InChI=1S/C21H22N4O5S2/c1-13(19(26)14-8-10-15(11-9-14)24-32(3,27)28)31-21-23-22-20(25(21)2)18-12-29-16-6-4-5-7-17(16)30-18/h4-11,13,18,24H,12H2,1-3H3/t13-,18-/m0/s1. The second-order valence-electron chi connectivity index (χ2n) is 7.34. The maximum atomic E-state index is 12.8. The lowest BCUT2D eigenvalue weighted by atomic mass is 10.1. The molecule has 168 valence electrons. The van der Waals surface area contributed by atoms with Crippen molar-refractivity contribution in [2.75, 3.05) is 17.6 Å². The van der Waals surface area contributed by atoms with Crippen LogP contribution in [0, 0.1) is 0 Å². The highest BCUT2D eigenvalue weighted by Gasteiger charge is 2.28. The number of ether oxygens (including phenoxy) is 2. The zero-order chi connectivity index (χ0) is 22.9. The average Bonchev–Trinajstić information content (AvgIpc) is 3.12. The number of ketones is 1. The summed E-state index contributed by atoms with van der Waals surface area (Å²) < 4.78 is 38.6. The van der Waals surface area contributed by atoms with Gasteiger partial charge in [0.2, 0.25) is 10.0 Å². The summed E-state index contributed by atoms with van der Waals surface area (Å²) >= 11 is 1.29. The number of hydrogen-bond acceptors (Lipinski definition) is 8. The van der Waals surface area contributed by atoms with Crippen molar-refractivity contribution in [2.45, 2.75) is 23.4 Å². The van der Waals surface area contributed by atoms with E-state index in [0.29, 0.717) is 40.3 Å². The van der Waals surface area contributed by atoms with E-state index < -0.39 is 21.4 Å². The Labute approximate surface area is 190 Å². The smallest absolute Gasteiger partial charge is 0.229 e. The lowest BCUT2D eigenvalue weighted by Gasteiger charge is -2.25. The van der Waals surface area contributed by atoms with Crippen LogP contribution >= 0.6 is 11.8 Å².